The van der Waals surface area contributed by atoms with Crippen molar-refractivity contribution in [2.24, 2.45) is 0 Å². The van der Waals surface area contributed by atoms with Crippen LogP contribution in [0, 0.1) is 0 Å². The number of halogens is 1. The van der Waals surface area contributed by atoms with E-state index >= 15 is 0 Å². The van der Waals surface area contributed by atoms with E-state index in [-0.39, 0.29) is 0 Å². The molecule has 18 heavy (non-hydrogen) atoms. The smallest absolute Gasteiger partial charge is 0.138 e. The summed E-state index contributed by atoms with van der Waals surface area (Å²) in [5.41, 5.74) is 0.868. The molecule has 2 rings (SSSR count). The van der Waals surface area contributed by atoms with E-state index in [2.05, 4.69) is 12.2 Å². The maximum absolute atomic E-state index is 6.00. The molecule has 0 aliphatic heterocycles. The molecule has 2 aromatic rings. The van der Waals surface area contributed by atoms with Gasteiger partial charge < -0.3 is 14.5 Å². The van der Waals surface area contributed by atoms with Gasteiger partial charge in [0, 0.05) is 5.02 Å². The van der Waals surface area contributed by atoms with Crippen LogP contribution in [0.2, 0.25) is 5.02 Å². The molecule has 0 saturated carbocycles. The summed E-state index contributed by atoms with van der Waals surface area (Å²) in [5.74, 6) is 2.42. The minimum absolute atomic E-state index is 0.662. The van der Waals surface area contributed by atoms with Crippen molar-refractivity contribution in [3.63, 3.8) is 0 Å². The number of furan rings is 1. The third-order valence-corrected chi connectivity index (χ3v) is 2.87. The van der Waals surface area contributed by atoms with Crippen molar-refractivity contribution in [3.05, 3.63) is 41.1 Å². The largest absolute Gasteiger partial charge is 0.496 e. The molecule has 0 fully saturated rings. The molecular weight excluding hydrogens is 250 g/mol. The number of nitrogens with one attached hydrogen (secondary N) is 1. The zero-order valence-corrected chi connectivity index (χ0v) is 11.3. The van der Waals surface area contributed by atoms with E-state index in [1.165, 1.54) is 0 Å². The highest BCUT2D eigenvalue weighted by Crippen LogP contribution is 2.33. The number of benzene rings is 1. The van der Waals surface area contributed by atoms with Crippen LogP contribution >= 0.6 is 11.6 Å². The first-order valence-electron chi connectivity index (χ1n) is 5.88. The second-order valence-corrected chi connectivity index (χ2v) is 4.33. The predicted octanol–water partition coefficient (Wildman–Crippen LogP) is 3.72. The molecule has 0 atom stereocenters. The molecule has 0 amide bonds. The first-order valence-corrected chi connectivity index (χ1v) is 6.25. The van der Waals surface area contributed by atoms with Gasteiger partial charge in [-0.3, -0.25) is 0 Å². The van der Waals surface area contributed by atoms with Crippen LogP contribution in [0.25, 0.3) is 11.3 Å². The molecule has 1 heterocycles. The number of hydrogen-bond donors (Lipinski definition) is 1. The highest BCUT2D eigenvalue weighted by atomic mass is 35.5. The molecule has 0 unspecified atom stereocenters. The topological polar surface area (TPSA) is 34.4 Å². The van der Waals surface area contributed by atoms with Crippen molar-refractivity contribution in [1.29, 1.82) is 0 Å². The lowest BCUT2D eigenvalue weighted by atomic mass is 10.1. The molecule has 0 spiro atoms. The number of ether oxygens (including phenoxy) is 1. The maximum Gasteiger partial charge on any atom is 0.138 e. The van der Waals surface area contributed by atoms with E-state index in [0.717, 1.165) is 35.9 Å². The number of rotatable bonds is 5. The third kappa shape index (κ3) is 2.86. The average Bonchev–Trinajstić information content (AvgIpc) is 2.85. The number of hydrogen-bond acceptors (Lipinski definition) is 3. The van der Waals surface area contributed by atoms with Gasteiger partial charge in [-0.15, -0.1) is 0 Å². The lowest BCUT2D eigenvalue weighted by molar-refractivity contribution is 0.413. The van der Waals surface area contributed by atoms with Crippen molar-refractivity contribution in [2.75, 3.05) is 13.7 Å². The summed E-state index contributed by atoms with van der Waals surface area (Å²) in [6.07, 6.45) is 0. The second kappa shape index (κ2) is 5.94. The summed E-state index contributed by atoms with van der Waals surface area (Å²) < 4.78 is 11.1. The van der Waals surface area contributed by atoms with Crippen LogP contribution < -0.4 is 10.1 Å². The van der Waals surface area contributed by atoms with Crippen molar-refractivity contribution < 1.29 is 9.15 Å². The summed E-state index contributed by atoms with van der Waals surface area (Å²) in [4.78, 5) is 0. The summed E-state index contributed by atoms with van der Waals surface area (Å²) in [5, 5.41) is 3.88. The Labute approximate surface area is 112 Å². The Morgan fingerprint density at radius 3 is 2.83 bits per heavy atom. The van der Waals surface area contributed by atoms with Gasteiger partial charge in [-0.2, -0.15) is 0 Å². The molecule has 0 aliphatic carbocycles. The molecule has 3 nitrogen and oxygen atoms in total. The van der Waals surface area contributed by atoms with Gasteiger partial charge in [0.15, 0.2) is 0 Å². The Morgan fingerprint density at radius 1 is 1.28 bits per heavy atom. The minimum atomic E-state index is 0.662. The van der Waals surface area contributed by atoms with Crippen LogP contribution in [-0.4, -0.2) is 13.7 Å². The fraction of sp³-hybridized carbons (Fsp3) is 0.286. The number of methoxy groups -OCH3 is 1. The zero-order valence-electron chi connectivity index (χ0n) is 10.5. The average molecular weight is 266 g/mol. The van der Waals surface area contributed by atoms with E-state index < -0.39 is 0 Å². The predicted molar refractivity (Wildman–Crippen MR) is 73.1 cm³/mol. The molecular formula is C14H16ClNO2. The Kier molecular flexibility index (Phi) is 4.28. The van der Waals surface area contributed by atoms with Gasteiger partial charge in [0.05, 0.1) is 19.2 Å². The van der Waals surface area contributed by atoms with Gasteiger partial charge in [-0.1, -0.05) is 18.5 Å². The molecule has 4 heteroatoms. The van der Waals surface area contributed by atoms with Crippen LogP contribution in [0.3, 0.4) is 0 Å². The summed E-state index contributed by atoms with van der Waals surface area (Å²) in [6.45, 7) is 3.69. The molecule has 96 valence electrons. The van der Waals surface area contributed by atoms with Crippen LogP contribution in [-0.2, 0) is 6.54 Å². The maximum atomic E-state index is 6.00. The van der Waals surface area contributed by atoms with Gasteiger partial charge in [-0.25, -0.2) is 0 Å². The van der Waals surface area contributed by atoms with Gasteiger partial charge in [0.1, 0.15) is 17.3 Å². The minimum Gasteiger partial charge on any atom is -0.496 e. The Morgan fingerprint density at radius 2 is 2.11 bits per heavy atom. The first-order chi connectivity index (χ1) is 8.74. The SMILES string of the molecule is CCNCc1ccc(-c2cc(Cl)ccc2OC)o1. The van der Waals surface area contributed by atoms with Crippen LogP contribution in [0.5, 0.6) is 5.75 Å². The lowest BCUT2D eigenvalue weighted by Gasteiger charge is -2.06. The summed E-state index contributed by atoms with van der Waals surface area (Å²) in [7, 11) is 1.63. The van der Waals surface area contributed by atoms with Gasteiger partial charge in [0.2, 0.25) is 0 Å². The summed E-state index contributed by atoms with van der Waals surface area (Å²) >= 11 is 6.00. The first kappa shape index (κ1) is 13.0. The molecule has 0 radical (unpaired) electrons. The third-order valence-electron chi connectivity index (χ3n) is 2.64. The van der Waals surface area contributed by atoms with E-state index in [1.54, 1.807) is 13.2 Å². The molecule has 1 aromatic heterocycles. The standard InChI is InChI=1S/C14H16ClNO2/c1-3-16-9-11-5-7-14(18-11)12-8-10(15)4-6-13(12)17-2/h4-8,16H,3,9H2,1-2H3. The quantitative estimate of drug-likeness (QED) is 0.895. The molecule has 0 saturated heterocycles. The van der Waals surface area contributed by atoms with Crippen LogP contribution in [0.15, 0.2) is 34.7 Å². The van der Waals surface area contributed by atoms with Crippen molar-refractivity contribution in [2.45, 2.75) is 13.5 Å². The molecule has 1 aromatic carbocycles. The van der Waals surface area contributed by atoms with E-state index in [9.17, 15) is 0 Å². The molecule has 0 aliphatic rings. The molecule has 0 bridgehead atoms. The Hall–Kier alpha value is -1.45. The fourth-order valence-corrected chi connectivity index (χ4v) is 1.91. The molecule has 1 N–H and O–H groups in total. The second-order valence-electron chi connectivity index (χ2n) is 3.89. The monoisotopic (exact) mass is 265 g/mol. The Balaban J connectivity index is 2.30. The van der Waals surface area contributed by atoms with Crippen molar-refractivity contribution >= 4 is 11.6 Å². The van der Waals surface area contributed by atoms with E-state index in [4.69, 9.17) is 20.8 Å². The van der Waals surface area contributed by atoms with Crippen LogP contribution in [0.4, 0.5) is 0 Å². The van der Waals surface area contributed by atoms with E-state index in [1.807, 2.05) is 24.3 Å². The highest BCUT2D eigenvalue weighted by molar-refractivity contribution is 6.30. The van der Waals surface area contributed by atoms with Gasteiger partial charge in [0.25, 0.3) is 0 Å². The lowest BCUT2D eigenvalue weighted by Crippen LogP contribution is -2.10. The van der Waals surface area contributed by atoms with Crippen molar-refractivity contribution in [3.8, 4) is 17.1 Å². The zero-order chi connectivity index (χ0) is 13.0. The summed E-state index contributed by atoms with van der Waals surface area (Å²) in [6, 6.07) is 9.37. The van der Waals surface area contributed by atoms with Gasteiger partial charge in [-0.05, 0) is 36.9 Å². The van der Waals surface area contributed by atoms with E-state index in [0.29, 0.717) is 5.02 Å². The van der Waals surface area contributed by atoms with Crippen molar-refractivity contribution in [1.82, 2.24) is 5.32 Å². The normalized spacial score (nSPS) is 10.6. The van der Waals surface area contributed by atoms with Crippen LogP contribution in [0.1, 0.15) is 12.7 Å². The fourth-order valence-electron chi connectivity index (χ4n) is 1.74. The van der Waals surface area contributed by atoms with Gasteiger partial charge >= 0.3 is 0 Å². The Bertz CT molecular complexity index is 522. The highest BCUT2D eigenvalue weighted by Gasteiger charge is 2.10.